The van der Waals surface area contributed by atoms with Gasteiger partial charge in [0.1, 0.15) is 0 Å². The molecule has 0 saturated carbocycles. The van der Waals surface area contributed by atoms with Crippen LogP contribution in [0.5, 0.6) is 0 Å². The first-order chi connectivity index (χ1) is 11.6. The van der Waals surface area contributed by atoms with Crippen LogP contribution in [0.15, 0.2) is 35.0 Å². The molecule has 1 fully saturated rings. The van der Waals surface area contributed by atoms with Gasteiger partial charge >= 0.3 is 0 Å². The van der Waals surface area contributed by atoms with Crippen molar-refractivity contribution in [1.82, 2.24) is 10.2 Å². The Balaban J connectivity index is 1.68. The summed E-state index contributed by atoms with van der Waals surface area (Å²) in [4.78, 5) is 14.9. The molecule has 1 saturated heterocycles. The van der Waals surface area contributed by atoms with Crippen LogP contribution in [0.1, 0.15) is 33.1 Å². The summed E-state index contributed by atoms with van der Waals surface area (Å²) in [5.41, 5.74) is 4.34. The number of rotatable bonds is 5. The molecule has 3 rings (SSSR count). The molecule has 0 radical (unpaired) electrons. The quantitative estimate of drug-likeness (QED) is 0.906. The lowest BCUT2D eigenvalue weighted by molar-refractivity contribution is 0.0163. The van der Waals surface area contributed by atoms with Crippen LogP contribution >= 0.6 is 11.3 Å². The molecule has 1 N–H and O–H groups in total. The van der Waals surface area contributed by atoms with Gasteiger partial charge in [0.15, 0.2) is 0 Å². The number of hydrogen-bond donors (Lipinski definition) is 1. The van der Waals surface area contributed by atoms with E-state index >= 15 is 0 Å². The van der Waals surface area contributed by atoms with E-state index in [0.717, 1.165) is 37.4 Å². The van der Waals surface area contributed by atoms with Gasteiger partial charge < -0.3 is 10.1 Å². The number of carbonyl (C=O) groups is 1. The third-order valence-corrected chi connectivity index (χ3v) is 5.34. The van der Waals surface area contributed by atoms with E-state index in [1.54, 1.807) is 11.3 Å². The summed E-state index contributed by atoms with van der Waals surface area (Å²) in [6.45, 7) is 8.02. The van der Waals surface area contributed by atoms with Crippen LogP contribution in [0.3, 0.4) is 0 Å². The number of amides is 1. The molecule has 4 nitrogen and oxygen atoms in total. The largest absolute Gasteiger partial charge is 0.379 e. The van der Waals surface area contributed by atoms with Crippen molar-refractivity contribution in [3.63, 3.8) is 0 Å². The Kier molecular flexibility index (Phi) is 5.66. The van der Waals surface area contributed by atoms with E-state index in [1.807, 2.05) is 25.1 Å². The van der Waals surface area contributed by atoms with Crippen molar-refractivity contribution < 1.29 is 9.53 Å². The second-order valence-corrected chi connectivity index (χ2v) is 7.01. The molecule has 1 aromatic carbocycles. The summed E-state index contributed by atoms with van der Waals surface area (Å²) >= 11 is 1.70. The van der Waals surface area contributed by atoms with Gasteiger partial charge in [-0.2, -0.15) is 11.3 Å². The summed E-state index contributed by atoms with van der Waals surface area (Å²) in [5.74, 6) is -0.00779. The second kappa shape index (κ2) is 7.92. The Morgan fingerprint density at radius 3 is 2.71 bits per heavy atom. The average Bonchev–Trinajstić information content (AvgIpc) is 3.12. The van der Waals surface area contributed by atoms with Crippen molar-refractivity contribution in [2.45, 2.75) is 19.9 Å². The predicted octanol–water partition coefficient (Wildman–Crippen LogP) is 3.17. The summed E-state index contributed by atoms with van der Waals surface area (Å²) in [7, 11) is 0. The highest BCUT2D eigenvalue weighted by atomic mass is 32.1. The lowest BCUT2D eigenvalue weighted by Gasteiger charge is -2.34. The maximum absolute atomic E-state index is 12.5. The standard InChI is InChI=1S/C19H24N2O2S/c1-14-3-4-16(11-15(14)2)19(22)20-12-18(17-5-10-24-13-17)21-6-8-23-9-7-21/h3-5,10-11,13,18H,6-9,12H2,1-2H3,(H,20,22)/t18-/m1/s1. The topological polar surface area (TPSA) is 41.6 Å². The Morgan fingerprint density at radius 2 is 2.04 bits per heavy atom. The van der Waals surface area contributed by atoms with E-state index in [4.69, 9.17) is 4.74 Å². The number of nitrogens with zero attached hydrogens (tertiary/aromatic N) is 1. The molecule has 0 unspecified atom stereocenters. The summed E-state index contributed by atoms with van der Waals surface area (Å²) < 4.78 is 5.46. The number of ether oxygens (including phenoxy) is 1. The van der Waals surface area contributed by atoms with Crippen molar-refractivity contribution in [1.29, 1.82) is 0 Å². The van der Waals surface area contributed by atoms with E-state index in [1.165, 1.54) is 11.1 Å². The molecule has 1 aliphatic rings. The van der Waals surface area contributed by atoms with Crippen LogP contribution in [-0.4, -0.2) is 43.7 Å². The minimum atomic E-state index is -0.00779. The van der Waals surface area contributed by atoms with Gasteiger partial charge in [0.2, 0.25) is 0 Å². The molecule has 0 spiro atoms. The number of benzene rings is 1. The van der Waals surface area contributed by atoms with Gasteiger partial charge in [-0.1, -0.05) is 6.07 Å². The Labute approximate surface area is 147 Å². The molecule has 2 heterocycles. The Bertz CT molecular complexity index is 679. The SMILES string of the molecule is Cc1ccc(C(=O)NC[C@H](c2ccsc2)N2CCOCC2)cc1C. The fraction of sp³-hybridized carbons (Fsp3) is 0.421. The lowest BCUT2D eigenvalue weighted by atomic mass is 10.1. The molecule has 5 heteroatoms. The van der Waals surface area contributed by atoms with Crippen LogP contribution in [0, 0.1) is 13.8 Å². The maximum Gasteiger partial charge on any atom is 0.251 e. The lowest BCUT2D eigenvalue weighted by Crippen LogP contribution is -2.43. The average molecular weight is 344 g/mol. The number of hydrogen-bond acceptors (Lipinski definition) is 4. The monoisotopic (exact) mass is 344 g/mol. The molecule has 128 valence electrons. The number of aryl methyl sites for hydroxylation is 2. The predicted molar refractivity (Wildman–Crippen MR) is 97.7 cm³/mol. The van der Waals surface area contributed by atoms with E-state index < -0.39 is 0 Å². The maximum atomic E-state index is 12.5. The molecule has 1 aliphatic heterocycles. The first kappa shape index (κ1) is 17.1. The molecule has 1 aromatic heterocycles. The van der Waals surface area contributed by atoms with Crippen LogP contribution in [0.2, 0.25) is 0 Å². The van der Waals surface area contributed by atoms with Crippen LogP contribution < -0.4 is 5.32 Å². The Morgan fingerprint density at radius 1 is 1.25 bits per heavy atom. The highest BCUT2D eigenvalue weighted by Crippen LogP contribution is 2.23. The smallest absolute Gasteiger partial charge is 0.251 e. The van der Waals surface area contributed by atoms with Gasteiger partial charge in [-0.3, -0.25) is 9.69 Å². The molecule has 1 amide bonds. The van der Waals surface area contributed by atoms with Crippen molar-refractivity contribution in [2.24, 2.45) is 0 Å². The van der Waals surface area contributed by atoms with Gasteiger partial charge in [-0.05, 0) is 59.5 Å². The number of nitrogens with one attached hydrogen (secondary N) is 1. The highest BCUT2D eigenvalue weighted by Gasteiger charge is 2.23. The fourth-order valence-electron chi connectivity index (χ4n) is 2.99. The zero-order chi connectivity index (χ0) is 16.9. The summed E-state index contributed by atoms with van der Waals surface area (Å²) in [6, 6.07) is 8.20. The number of morpholine rings is 1. The molecular weight excluding hydrogens is 320 g/mol. The highest BCUT2D eigenvalue weighted by molar-refractivity contribution is 7.07. The zero-order valence-corrected chi connectivity index (χ0v) is 15.1. The third kappa shape index (κ3) is 4.04. The fourth-order valence-corrected chi connectivity index (χ4v) is 3.69. The van der Waals surface area contributed by atoms with Gasteiger partial charge in [-0.25, -0.2) is 0 Å². The summed E-state index contributed by atoms with van der Waals surface area (Å²) in [5, 5.41) is 7.37. The molecule has 2 aromatic rings. The first-order valence-electron chi connectivity index (χ1n) is 8.34. The van der Waals surface area contributed by atoms with Crippen LogP contribution in [0.4, 0.5) is 0 Å². The van der Waals surface area contributed by atoms with Crippen molar-refractivity contribution in [2.75, 3.05) is 32.8 Å². The number of thiophene rings is 1. The van der Waals surface area contributed by atoms with Crippen LogP contribution in [0.25, 0.3) is 0 Å². The normalized spacial score (nSPS) is 16.8. The Hall–Kier alpha value is -1.69. The third-order valence-electron chi connectivity index (χ3n) is 4.64. The van der Waals surface area contributed by atoms with E-state index in [-0.39, 0.29) is 11.9 Å². The minimum Gasteiger partial charge on any atom is -0.379 e. The molecule has 1 atom stereocenters. The minimum absolute atomic E-state index is 0.00779. The molecular formula is C19H24N2O2S. The second-order valence-electron chi connectivity index (χ2n) is 6.23. The van der Waals surface area contributed by atoms with Crippen molar-refractivity contribution in [3.8, 4) is 0 Å². The van der Waals surface area contributed by atoms with Gasteiger partial charge in [0, 0.05) is 25.2 Å². The van der Waals surface area contributed by atoms with Crippen molar-refractivity contribution >= 4 is 17.2 Å². The molecule has 24 heavy (non-hydrogen) atoms. The van der Waals surface area contributed by atoms with Gasteiger partial charge in [0.25, 0.3) is 5.91 Å². The van der Waals surface area contributed by atoms with Gasteiger partial charge in [-0.15, -0.1) is 0 Å². The number of carbonyl (C=O) groups excluding carboxylic acids is 1. The summed E-state index contributed by atoms with van der Waals surface area (Å²) in [6.07, 6.45) is 0. The van der Waals surface area contributed by atoms with Crippen LogP contribution in [-0.2, 0) is 4.74 Å². The molecule has 0 bridgehead atoms. The van der Waals surface area contributed by atoms with E-state index in [0.29, 0.717) is 6.54 Å². The molecule has 0 aliphatic carbocycles. The van der Waals surface area contributed by atoms with Gasteiger partial charge in [0.05, 0.1) is 19.3 Å². The van der Waals surface area contributed by atoms with E-state index in [9.17, 15) is 4.79 Å². The zero-order valence-electron chi connectivity index (χ0n) is 14.2. The van der Waals surface area contributed by atoms with Crippen molar-refractivity contribution in [3.05, 3.63) is 57.3 Å². The first-order valence-corrected chi connectivity index (χ1v) is 9.29. The van der Waals surface area contributed by atoms with E-state index in [2.05, 4.69) is 34.0 Å².